The quantitative estimate of drug-likeness (QED) is 0.771. The molecule has 0 aliphatic carbocycles. The highest BCUT2D eigenvalue weighted by atomic mass is 79.9. The van der Waals surface area contributed by atoms with Crippen LogP contribution in [0.5, 0.6) is 0 Å². The van der Waals surface area contributed by atoms with Crippen molar-refractivity contribution >= 4 is 27.3 Å². The van der Waals surface area contributed by atoms with Crippen LogP contribution in [-0.4, -0.2) is 14.5 Å². The monoisotopic (exact) mass is 243 g/mol. The van der Waals surface area contributed by atoms with Crippen LogP contribution in [0, 0.1) is 6.92 Å². The first kappa shape index (κ1) is 7.94. The van der Waals surface area contributed by atoms with Crippen molar-refractivity contribution in [3.8, 4) is 5.13 Å². The zero-order valence-corrected chi connectivity index (χ0v) is 8.76. The Labute approximate surface area is 82.2 Å². The molecule has 0 spiro atoms. The molecule has 5 heteroatoms. The smallest absolute Gasteiger partial charge is 0.195 e. The van der Waals surface area contributed by atoms with Gasteiger partial charge in [0.15, 0.2) is 5.13 Å². The van der Waals surface area contributed by atoms with Gasteiger partial charge in [0, 0.05) is 11.6 Å². The Bertz CT molecular complexity index is 355. The van der Waals surface area contributed by atoms with Gasteiger partial charge < -0.3 is 0 Å². The number of aryl methyl sites for hydroxylation is 1. The summed E-state index contributed by atoms with van der Waals surface area (Å²) >= 11 is 4.88. The van der Waals surface area contributed by atoms with Crippen LogP contribution in [0.25, 0.3) is 5.13 Å². The largest absolute Gasteiger partial charge is 0.282 e. The molecule has 0 fully saturated rings. The number of hydrogen-bond donors (Lipinski definition) is 0. The Balaban J connectivity index is 2.43. The molecule has 0 saturated carbocycles. The van der Waals surface area contributed by atoms with E-state index >= 15 is 0 Å². The summed E-state index contributed by atoms with van der Waals surface area (Å²) in [6.45, 7) is 1.96. The Morgan fingerprint density at radius 3 is 2.92 bits per heavy atom. The van der Waals surface area contributed by atoms with Crippen LogP contribution < -0.4 is 0 Å². The lowest BCUT2D eigenvalue weighted by molar-refractivity contribution is 1.03. The molecule has 0 aliphatic heterocycles. The molecular weight excluding hydrogens is 238 g/mol. The molecule has 0 unspecified atom stereocenters. The molecule has 0 bridgehead atoms. The number of rotatable bonds is 1. The molecule has 0 saturated heterocycles. The second-order valence-corrected chi connectivity index (χ2v) is 4.02. The molecule has 2 aromatic heterocycles. The van der Waals surface area contributed by atoms with E-state index in [1.165, 1.54) is 0 Å². The summed E-state index contributed by atoms with van der Waals surface area (Å²) in [5.41, 5.74) is 1.00. The van der Waals surface area contributed by atoms with Crippen LogP contribution in [0.15, 0.2) is 22.5 Å². The summed E-state index contributed by atoms with van der Waals surface area (Å²) in [6.07, 6.45) is 3.71. The molecule has 3 nitrogen and oxygen atoms in total. The van der Waals surface area contributed by atoms with E-state index in [0.717, 1.165) is 15.4 Å². The van der Waals surface area contributed by atoms with Crippen LogP contribution in [0.1, 0.15) is 5.69 Å². The number of imidazole rings is 1. The van der Waals surface area contributed by atoms with Crippen LogP contribution in [-0.2, 0) is 0 Å². The summed E-state index contributed by atoms with van der Waals surface area (Å²) < 4.78 is 2.78. The zero-order valence-electron chi connectivity index (χ0n) is 6.36. The van der Waals surface area contributed by atoms with Crippen molar-refractivity contribution in [3.63, 3.8) is 0 Å². The van der Waals surface area contributed by atoms with Gasteiger partial charge in [-0.05, 0) is 22.9 Å². The molecule has 0 aliphatic rings. The highest BCUT2D eigenvalue weighted by molar-refractivity contribution is 9.10. The summed E-state index contributed by atoms with van der Waals surface area (Å²) in [4.78, 5) is 8.37. The Morgan fingerprint density at radius 1 is 1.58 bits per heavy atom. The SMILES string of the molecule is Cc1cn(-c2nc(Br)cs2)cn1. The Kier molecular flexibility index (Phi) is 1.98. The van der Waals surface area contributed by atoms with Crippen molar-refractivity contribution in [3.05, 3.63) is 28.2 Å². The molecule has 2 rings (SSSR count). The number of aromatic nitrogens is 3. The first-order chi connectivity index (χ1) is 5.75. The molecule has 2 heterocycles. The molecule has 62 valence electrons. The van der Waals surface area contributed by atoms with Gasteiger partial charge in [-0.15, -0.1) is 11.3 Å². The maximum atomic E-state index is 4.25. The number of hydrogen-bond acceptors (Lipinski definition) is 3. The lowest BCUT2D eigenvalue weighted by Gasteiger charge is -1.91. The van der Waals surface area contributed by atoms with Gasteiger partial charge >= 0.3 is 0 Å². The standard InChI is InChI=1S/C7H6BrN3S/c1-5-2-11(4-9-5)7-10-6(8)3-12-7/h2-4H,1H3. The average molecular weight is 244 g/mol. The zero-order chi connectivity index (χ0) is 8.55. The highest BCUT2D eigenvalue weighted by Gasteiger charge is 2.01. The third-order valence-corrected chi connectivity index (χ3v) is 2.96. The van der Waals surface area contributed by atoms with E-state index < -0.39 is 0 Å². The van der Waals surface area contributed by atoms with E-state index in [4.69, 9.17) is 0 Å². The van der Waals surface area contributed by atoms with Crippen molar-refractivity contribution in [1.82, 2.24) is 14.5 Å². The topological polar surface area (TPSA) is 30.7 Å². The highest BCUT2D eigenvalue weighted by Crippen LogP contribution is 2.18. The van der Waals surface area contributed by atoms with E-state index in [1.54, 1.807) is 17.7 Å². The van der Waals surface area contributed by atoms with Crippen LogP contribution in [0.3, 0.4) is 0 Å². The fraction of sp³-hybridized carbons (Fsp3) is 0.143. The fourth-order valence-corrected chi connectivity index (χ4v) is 2.08. The Hall–Kier alpha value is -0.680. The third kappa shape index (κ3) is 1.42. The number of nitrogens with zero attached hydrogens (tertiary/aromatic N) is 3. The van der Waals surface area contributed by atoms with E-state index in [9.17, 15) is 0 Å². The van der Waals surface area contributed by atoms with Crippen molar-refractivity contribution in [2.75, 3.05) is 0 Å². The molecule has 0 radical (unpaired) electrons. The minimum Gasteiger partial charge on any atom is -0.282 e. The van der Waals surface area contributed by atoms with Gasteiger partial charge in [0.2, 0.25) is 0 Å². The van der Waals surface area contributed by atoms with Gasteiger partial charge in [-0.3, -0.25) is 4.57 Å². The van der Waals surface area contributed by atoms with Crippen molar-refractivity contribution in [2.45, 2.75) is 6.92 Å². The van der Waals surface area contributed by atoms with E-state index in [-0.39, 0.29) is 0 Å². The lowest BCUT2D eigenvalue weighted by atomic mass is 10.6. The summed E-state index contributed by atoms with van der Waals surface area (Å²) in [7, 11) is 0. The molecule has 2 aromatic rings. The summed E-state index contributed by atoms with van der Waals surface area (Å²) in [5, 5.41) is 2.88. The lowest BCUT2D eigenvalue weighted by Crippen LogP contribution is -1.87. The number of thiazole rings is 1. The van der Waals surface area contributed by atoms with Gasteiger partial charge in [-0.2, -0.15) is 0 Å². The average Bonchev–Trinajstić information content (AvgIpc) is 2.58. The van der Waals surface area contributed by atoms with Crippen molar-refractivity contribution in [1.29, 1.82) is 0 Å². The van der Waals surface area contributed by atoms with Gasteiger partial charge in [0.25, 0.3) is 0 Å². The van der Waals surface area contributed by atoms with Gasteiger partial charge in [-0.1, -0.05) is 0 Å². The van der Waals surface area contributed by atoms with Gasteiger partial charge in [0.1, 0.15) is 10.9 Å². The summed E-state index contributed by atoms with van der Waals surface area (Å²) in [5.74, 6) is 0. The van der Waals surface area contributed by atoms with Crippen molar-refractivity contribution in [2.24, 2.45) is 0 Å². The van der Waals surface area contributed by atoms with E-state index in [2.05, 4.69) is 25.9 Å². The first-order valence-electron chi connectivity index (χ1n) is 3.38. The van der Waals surface area contributed by atoms with Crippen LogP contribution in [0.4, 0.5) is 0 Å². The van der Waals surface area contributed by atoms with Crippen molar-refractivity contribution < 1.29 is 0 Å². The maximum absolute atomic E-state index is 4.25. The second-order valence-electron chi connectivity index (χ2n) is 2.38. The molecule has 12 heavy (non-hydrogen) atoms. The molecule has 0 atom stereocenters. The predicted molar refractivity (Wildman–Crippen MR) is 51.7 cm³/mol. The van der Waals surface area contributed by atoms with E-state index in [1.807, 2.05) is 23.1 Å². The molecular formula is C7H6BrN3S. The minimum absolute atomic E-state index is 0.869. The Morgan fingerprint density at radius 2 is 2.42 bits per heavy atom. The first-order valence-corrected chi connectivity index (χ1v) is 5.05. The molecule has 0 aromatic carbocycles. The van der Waals surface area contributed by atoms with Gasteiger partial charge in [0.05, 0.1) is 5.69 Å². The minimum atomic E-state index is 0.869. The fourth-order valence-electron chi connectivity index (χ4n) is 0.890. The molecule has 0 N–H and O–H groups in total. The maximum Gasteiger partial charge on any atom is 0.195 e. The summed E-state index contributed by atoms with van der Waals surface area (Å²) in [6, 6.07) is 0. The van der Waals surface area contributed by atoms with E-state index in [0.29, 0.717) is 0 Å². The third-order valence-electron chi connectivity index (χ3n) is 1.40. The number of halogens is 1. The second kappa shape index (κ2) is 2.99. The predicted octanol–water partition coefficient (Wildman–Crippen LogP) is 2.40. The van der Waals surface area contributed by atoms with Crippen LogP contribution in [0.2, 0.25) is 0 Å². The normalized spacial score (nSPS) is 10.5. The molecule has 0 amide bonds. The van der Waals surface area contributed by atoms with Gasteiger partial charge in [-0.25, -0.2) is 9.97 Å². The van der Waals surface area contributed by atoms with Crippen LogP contribution >= 0.6 is 27.3 Å².